The second kappa shape index (κ2) is 3.37. The molecule has 0 N–H and O–H groups in total. The molecule has 9 heteroatoms. The minimum absolute atomic E-state index is 0.0148. The summed E-state index contributed by atoms with van der Waals surface area (Å²) in [7, 11) is 0. The Morgan fingerprint density at radius 2 is 1.75 bits per heavy atom. The molecule has 16 heavy (non-hydrogen) atoms. The fraction of sp³-hybridized carbons (Fsp3) is 0.714. The lowest BCUT2D eigenvalue weighted by Crippen LogP contribution is -2.38. The summed E-state index contributed by atoms with van der Waals surface area (Å²) in [5, 5.41) is 10.0. The Morgan fingerprint density at radius 3 is 2.38 bits per heavy atom. The van der Waals surface area contributed by atoms with Crippen LogP contribution < -0.4 is 5.32 Å². The van der Waals surface area contributed by atoms with Gasteiger partial charge in [-0.2, -0.15) is 22.0 Å². The first-order chi connectivity index (χ1) is 7.34. The molecule has 1 aliphatic heterocycles. The molecule has 0 saturated carbocycles. The molecule has 2 rings (SSSR count). The van der Waals surface area contributed by atoms with Crippen molar-refractivity contribution in [2.75, 3.05) is 6.54 Å². The molecular formula is C7H6F5N4. The van der Waals surface area contributed by atoms with Crippen LogP contribution >= 0.6 is 0 Å². The first kappa shape index (κ1) is 11.2. The molecule has 0 saturated heterocycles. The average Bonchev–Trinajstić information content (AvgIpc) is 2.59. The molecule has 0 unspecified atom stereocenters. The van der Waals surface area contributed by atoms with Crippen molar-refractivity contribution in [3.63, 3.8) is 0 Å². The van der Waals surface area contributed by atoms with Gasteiger partial charge in [0.1, 0.15) is 5.82 Å². The molecule has 89 valence electrons. The van der Waals surface area contributed by atoms with Gasteiger partial charge in [-0.15, -0.1) is 10.2 Å². The van der Waals surface area contributed by atoms with Crippen molar-refractivity contribution in [1.29, 1.82) is 0 Å². The van der Waals surface area contributed by atoms with E-state index in [0.717, 1.165) is 4.57 Å². The Balaban J connectivity index is 2.45. The highest BCUT2D eigenvalue weighted by Gasteiger charge is 2.62. The smallest absolute Gasteiger partial charge is 0.307 e. The highest BCUT2D eigenvalue weighted by atomic mass is 19.4. The summed E-state index contributed by atoms with van der Waals surface area (Å²) in [4.78, 5) is 0. The summed E-state index contributed by atoms with van der Waals surface area (Å²) in [5.74, 6) is -6.30. The molecule has 4 nitrogen and oxygen atoms in total. The third-order valence-corrected chi connectivity index (χ3v) is 2.20. The van der Waals surface area contributed by atoms with Crippen LogP contribution in [0, 0.1) is 0 Å². The van der Waals surface area contributed by atoms with Crippen LogP contribution in [0.2, 0.25) is 0 Å². The maximum absolute atomic E-state index is 13.0. The van der Waals surface area contributed by atoms with Gasteiger partial charge in [0.05, 0.1) is 6.54 Å². The Kier molecular flexibility index (Phi) is 2.37. The van der Waals surface area contributed by atoms with Gasteiger partial charge in [-0.1, -0.05) is 0 Å². The molecular weight excluding hydrogens is 235 g/mol. The number of nitrogens with zero attached hydrogens (tertiary/aromatic N) is 4. The summed E-state index contributed by atoms with van der Waals surface area (Å²) in [5.41, 5.74) is 0. The van der Waals surface area contributed by atoms with Crippen LogP contribution in [0.5, 0.6) is 0 Å². The highest BCUT2D eigenvalue weighted by Crippen LogP contribution is 2.43. The van der Waals surface area contributed by atoms with Crippen molar-refractivity contribution in [2.24, 2.45) is 0 Å². The van der Waals surface area contributed by atoms with E-state index in [0.29, 0.717) is 0 Å². The molecule has 0 fully saturated rings. The lowest BCUT2D eigenvalue weighted by Gasteiger charge is -2.21. The van der Waals surface area contributed by atoms with Crippen LogP contribution in [0.25, 0.3) is 0 Å². The first-order valence-electron chi connectivity index (χ1n) is 4.34. The number of halogens is 5. The largest absolute Gasteiger partial charge is 0.461 e. The normalized spacial score (nSPS) is 17.3. The van der Waals surface area contributed by atoms with Gasteiger partial charge in [0.2, 0.25) is 5.82 Å². The van der Waals surface area contributed by atoms with E-state index >= 15 is 0 Å². The zero-order valence-corrected chi connectivity index (χ0v) is 7.80. The Bertz CT molecular complexity index is 396. The summed E-state index contributed by atoms with van der Waals surface area (Å²) >= 11 is 0. The Labute approximate surface area is 86.5 Å². The highest BCUT2D eigenvalue weighted by molar-refractivity contribution is 5.06. The fourth-order valence-corrected chi connectivity index (χ4v) is 1.40. The molecule has 0 amide bonds. The van der Waals surface area contributed by atoms with E-state index in [1.54, 1.807) is 0 Å². The van der Waals surface area contributed by atoms with Gasteiger partial charge in [0, 0.05) is 13.1 Å². The van der Waals surface area contributed by atoms with E-state index in [-0.39, 0.29) is 25.5 Å². The second-order valence-corrected chi connectivity index (χ2v) is 3.27. The quantitative estimate of drug-likeness (QED) is 0.690. The third kappa shape index (κ3) is 1.55. The number of alkyl halides is 5. The first-order valence-corrected chi connectivity index (χ1v) is 4.34. The number of aromatic nitrogens is 3. The van der Waals surface area contributed by atoms with Crippen molar-refractivity contribution in [2.45, 2.75) is 25.2 Å². The molecule has 1 aromatic rings. The number of hydrogen-bond donors (Lipinski definition) is 0. The molecule has 0 aromatic carbocycles. The molecule has 1 aromatic heterocycles. The predicted molar refractivity (Wildman–Crippen MR) is 40.7 cm³/mol. The summed E-state index contributed by atoms with van der Waals surface area (Å²) < 4.78 is 63.1. The minimum atomic E-state index is -5.66. The van der Waals surface area contributed by atoms with Crippen molar-refractivity contribution >= 4 is 0 Å². The molecule has 0 bridgehead atoms. The standard InChI is InChI=1S/C7H6F5N4/c8-6(9,7(10,11)12)5-15-14-4-3-13-1-2-16(4)5/h1-3H2. The number of hydrogen-bond acceptors (Lipinski definition) is 2. The van der Waals surface area contributed by atoms with Gasteiger partial charge in [0.15, 0.2) is 0 Å². The van der Waals surface area contributed by atoms with Gasteiger partial charge < -0.3 is 4.57 Å². The van der Waals surface area contributed by atoms with Gasteiger partial charge >= 0.3 is 12.1 Å². The number of rotatable bonds is 1. The van der Waals surface area contributed by atoms with Crippen LogP contribution in [-0.2, 0) is 19.0 Å². The Morgan fingerprint density at radius 1 is 1.06 bits per heavy atom. The zero-order valence-electron chi connectivity index (χ0n) is 7.80. The van der Waals surface area contributed by atoms with Gasteiger partial charge in [-0.05, 0) is 0 Å². The maximum atomic E-state index is 13.0. The van der Waals surface area contributed by atoms with E-state index in [4.69, 9.17) is 0 Å². The van der Waals surface area contributed by atoms with E-state index in [1.807, 2.05) is 0 Å². The minimum Gasteiger partial charge on any atom is -0.307 e. The van der Waals surface area contributed by atoms with E-state index in [9.17, 15) is 22.0 Å². The fourth-order valence-electron chi connectivity index (χ4n) is 1.40. The molecule has 1 aliphatic rings. The monoisotopic (exact) mass is 241 g/mol. The van der Waals surface area contributed by atoms with Gasteiger partial charge in [-0.25, -0.2) is 5.32 Å². The molecule has 1 radical (unpaired) electrons. The summed E-state index contributed by atoms with van der Waals surface area (Å²) in [6.45, 7) is 0.149. The predicted octanol–water partition coefficient (Wildman–Crippen LogP) is 1.05. The van der Waals surface area contributed by atoms with Crippen LogP contribution in [0.15, 0.2) is 0 Å². The van der Waals surface area contributed by atoms with Crippen molar-refractivity contribution < 1.29 is 22.0 Å². The van der Waals surface area contributed by atoms with Gasteiger partial charge in [0.25, 0.3) is 0 Å². The van der Waals surface area contributed by atoms with E-state index in [2.05, 4.69) is 15.5 Å². The van der Waals surface area contributed by atoms with Crippen molar-refractivity contribution in [3.05, 3.63) is 11.6 Å². The topological polar surface area (TPSA) is 44.8 Å². The molecule has 0 spiro atoms. The maximum Gasteiger partial charge on any atom is 0.461 e. The van der Waals surface area contributed by atoms with E-state index < -0.39 is 17.9 Å². The molecule has 0 aliphatic carbocycles. The van der Waals surface area contributed by atoms with Crippen LogP contribution in [0.4, 0.5) is 22.0 Å². The van der Waals surface area contributed by atoms with E-state index in [1.165, 1.54) is 0 Å². The molecule has 2 heterocycles. The second-order valence-electron chi connectivity index (χ2n) is 3.27. The lowest BCUT2D eigenvalue weighted by molar-refractivity contribution is -0.293. The van der Waals surface area contributed by atoms with Crippen LogP contribution in [-0.4, -0.2) is 27.5 Å². The summed E-state index contributed by atoms with van der Waals surface area (Å²) in [6.07, 6.45) is -5.66. The molecule has 0 atom stereocenters. The van der Waals surface area contributed by atoms with Crippen LogP contribution in [0.1, 0.15) is 11.6 Å². The lowest BCUT2D eigenvalue weighted by atomic mass is 10.3. The van der Waals surface area contributed by atoms with Gasteiger partial charge in [-0.3, -0.25) is 0 Å². The third-order valence-electron chi connectivity index (χ3n) is 2.20. The van der Waals surface area contributed by atoms with Crippen LogP contribution in [0.3, 0.4) is 0 Å². The van der Waals surface area contributed by atoms with Crippen molar-refractivity contribution in [1.82, 2.24) is 20.1 Å². The number of fused-ring (bicyclic) bond motifs is 1. The summed E-state index contributed by atoms with van der Waals surface area (Å²) in [6, 6.07) is 0. The SMILES string of the molecule is FC(F)(F)C(F)(F)c1nnc2n1CC[N]C2. The Hall–Kier alpha value is -1.25. The van der Waals surface area contributed by atoms with Crippen molar-refractivity contribution in [3.8, 4) is 0 Å². The zero-order chi connectivity index (χ0) is 12.0. The average molecular weight is 241 g/mol.